The van der Waals surface area contributed by atoms with Crippen LogP contribution in [0.3, 0.4) is 0 Å². The maximum absolute atomic E-state index is 13.1. The van der Waals surface area contributed by atoms with Crippen molar-refractivity contribution in [1.29, 1.82) is 0 Å². The van der Waals surface area contributed by atoms with Crippen LogP contribution in [0.1, 0.15) is 44.9 Å². The lowest BCUT2D eigenvalue weighted by Gasteiger charge is -2.26. The molecule has 1 aliphatic heterocycles. The first kappa shape index (κ1) is 22.7. The number of nitrogens with zero attached hydrogens (tertiary/aromatic N) is 3. The number of ether oxygens (including phenoxy) is 1. The fraction of sp³-hybridized carbons (Fsp3) is 0.348. The Labute approximate surface area is 194 Å². The molecule has 1 N–H and O–H groups in total. The van der Waals surface area contributed by atoms with Crippen molar-refractivity contribution in [2.45, 2.75) is 32.7 Å². The fourth-order valence-corrected chi connectivity index (χ4v) is 4.97. The molecule has 0 spiro atoms. The first-order chi connectivity index (χ1) is 15.9. The summed E-state index contributed by atoms with van der Waals surface area (Å²) in [5.41, 5.74) is 0.668. The summed E-state index contributed by atoms with van der Waals surface area (Å²) in [6.45, 7) is 3.02. The van der Waals surface area contributed by atoms with Gasteiger partial charge in [-0.1, -0.05) is 12.1 Å². The van der Waals surface area contributed by atoms with Gasteiger partial charge in [-0.2, -0.15) is 0 Å². The number of piperidine rings is 1. The minimum Gasteiger partial charge on any atom is -0.465 e. The van der Waals surface area contributed by atoms with Crippen molar-refractivity contribution in [2.75, 3.05) is 25.5 Å². The van der Waals surface area contributed by atoms with Crippen LogP contribution in [0.2, 0.25) is 0 Å². The molecule has 172 valence electrons. The molecule has 1 fully saturated rings. The van der Waals surface area contributed by atoms with Crippen molar-refractivity contribution in [2.24, 2.45) is 0 Å². The summed E-state index contributed by atoms with van der Waals surface area (Å²) in [6, 6.07) is 6.52. The lowest BCUT2D eigenvalue weighted by Crippen LogP contribution is -2.39. The van der Waals surface area contributed by atoms with Gasteiger partial charge in [-0.3, -0.25) is 19.0 Å². The number of methoxy groups -OCH3 is 1. The summed E-state index contributed by atoms with van der Waals surface area (Å²) in [4.78, 5) is 57.5. The third-order valence-corrected chi connectivity index (χ3v) is 6.92. The number of nitrogens with one attached hydrogen (secondary N) is 1. The molecule has 2 amide bonds. The molecule has 10 heteroatoms. The molecule has 1 aromatic carbocycles. The quantitative estimate of drug-likeness (QED) is 0.577. The minimum absolute atomic E-state index is 0.0783. The van der Waals surface area contributed by atoms with E-state index in [9.17, 15) is 19.2 Å². The lowest BCUT2D eigenvalue weighted by atomic mass is 10.1. The monoisotopic (exact) mass is 468 g/mol. The minimum atomic E-state index is -0.568. The number of rotatable bonds is 5. The molecule has 3 aromatic rings. The first-order valence-electron chi connectivity index (χ1n) is 10.7. The summed E-state index contributed by atoms with van der Waals surface area (Å²) >= 11 is 1.09. The molecule has 33 heavy (non-hydrogen) atoms. The van der Waals surface area contributed by atoms with Crippen LogP contribution < -0.4 is 10.9 Å². The molecular formula is C23H24N4O5S. The first-order valence-corrected chi connectivity index (χ1v) is 11.5. The van der Waals surface area contributed by atoms with Gasteiger partial charge < -0.3 is 15.0 Å². The second kappa shape index (κ2) is 9.53. The molecule has 4 rings (SSSR count). The van der Waals surface area contributed by atoms with Gasteiger partial charge in [-0.15, -0.1) is 11.3 Å². The van der Waals surface area contributed by atoms with Gasteiger partial charge in [0, 0.05) is 13.1 Å². The summed E-state index contributed by atoms with van der Waals surface area (Å²) in [7, 11) is 1.27. The Morgan fingerprint density at radius 2 is 1.88 bits per heavy atom. The Bertz CT molecular complexity index is 1290. The van der Waals surface area contributed by atoms with E-state index >= 15 is 0 Å². The van der Waals surface area contributed by atoms with Crippen molar-refractivity contribution in [3.05, 3.63) is 57.0 Å². The zero-order valence-electron chi connectivity index (χ0n) is 18.4. The van der Waals surface area contributed by atoms with Crippen LogP contribution in [0.15, 0.2) is 35.4 Å². The molecule has 1 aliphatic rings. The maximum Gasteiger partial charge on any atom is 0.339 e. The van der Waals surface area contributed by atoms with Crippen LogP contribution in [-0.2, 0) is 16.1 Å². The van der Waals surface area contributed by atoms with Gasteiger partial charge in [-0.25, -0.2) is 9.78 Å². The lowest BCUT2D eigenvalue weighted by molar-refractivity contribution is -0.132. The van der Waals surface area contributed by atoms with Crippen molar-refractivity contribution in [1.82, 2.24) is 14.5 Å². The number of esters is 1. The molecule has 3 heterocycles. The van der Waals surface area contributed by atoms with Gasteiger partial charge in [-0.05, 0) is 43.9 Å². The number of anilines is 1. The van der Waals surface area contributed by atoms with Crippen molar-refractivity contribution in [3.63, 3.8) is 0 Å². The fourth-order valence-electron chi connectivity index (χ4n) is 3.94. The van der Waals surface area contributed by atoms with Gasteiger partial charge in [0.15, 0.2) is 0 Å². The second-order valence-corrected chi connectivity index (χ2v) is 8.85. The highest BCUT2D eigenvalue weighted by Gasteiger charge is 2.23. The van der Waals surface area contributed by atoms with E-state index < -0.39 is 11.9 Å². The molecule has 9 nitrogen and oxygen atoms in total. The molecule has 2 aromatic heterocycles. The Kier molecular flexibility index (Phi) is 6.55. The van der Waals surface area contributed by atoms with Gasteiger partial charge in [0.2, 0.25) is 5.91 Å². The molecule has 0 aliphatic carbocycles. The van der Waals surface area contributed by atoms with Gasteiger partial charge in [0.1, 0.15) is 11.4 Å². The summed E-state index contributed by atoms with van der Waals surface area (Å²) in [6.07, 6.45) is 4.41. The standard InChI is InChI=1S/C23H24N4O5S/c1-14-18-21(24-13-27(22(18)30)12-17(28)26-10-6-3-7-11-26)33-19(14)20(29)25-16-9-5-4-8-15(16)23(31)32-2/h4-5,8-9,13H,3,6-7,10-12H2,1-2H3,(H,25,29). The third kappa shape index (κ3) is 4.51. The predicted octanol–water partition coefficient (Wildman–Crippen LogP) is 2.82. The zero-order valence-corrected chi connectivity index (χ0v) is 19.2. The summed E-state index contributed by atoms with van der Waals surface area (Å²) in [5, 5.41) is 3.05. The Morgan fingerprint density at radius 3 is 2.61 bits per heavy atom. The van der Waals surface area contributed by atoms with Gasteiger partial charge in [0.25, 0.3) is 11.5 Å². The molecule has 1 saturated heterocycles. The number of carbonyl (C=O) groups excluding carboxylic acids is 3. The highest BCUT2D eigenvalue weighted by atomic mass is 32.1. The number of benzene rings is 1. The van der Waals surface area contributed by atoms with Crippen molar-refractivity contribution < 1.29 is 19.1 Å². The second-order valence-electron chi connectivity index (χ2n) is 7.85. The SMILES string of the molecule is COC(=O)c1ccccc1NC(=O)c1sc2ncn(CC(=O)N3CCCCC3)c(=O)c2c1C. The number of aryl methyl sites for hydroxylation is 1. The van der Waals surface area contributed by atoms with E-state index in [-0.39, 0.29) is 23.6 Å². The smallest absolute Gasteiger partial charge is 0.339 e. The van der Waals surface area contributed by atoms with E-state index in [0.717, 1.165) is 30.6 Å². The van der Waals surface area contributed by atoms with E-state index in [1.54, 1.807) is 36.1 Å². The number of hydrogen-bond acceptors (Lipinski definition) is 7. The largest absolute Gasteiger partial charge is 0.465 e. The van der Waals surface area contributed by atoms with Crippen LogP contribution >= 0.6 is 11.3 Å². The van der Waals surface area contributed by atoms with Gasteiger partial charge in [0.05, 0.1) is 35.0 Å². The molecule has 0 bridgehead atoms. The maximum atomic E-state index is 13.1. The number of carbonyl (C=O) groups is 3. The van der Waals surface area contributed by atoms with Crippen molar-refractivity contribution in [3.8, 4) is 0 Å². The average Bonchev–Trinajstić information content (AvgIpc) is 3.18. The number of likely N-dealkylation sites (tertiary alicyclic amines) is 1. The molecule has 0 atom stereocenters. The van der Waals surface area contributed by atoms with Crippen LogP contribution in [0, 0.1) is 6.92 Å². The van der Waals surface area contributed by atoms with E-state index in [1.807, 2.05) is 0 Å². The molecule has 0 unspecified atom stereocenters. The van der Waals surface area contributed by atoms with Crippen LogP contribution in [0.25, 0.3) is 10.2 Å². The Morgan fingerprint density at radius 1 is 1.15 bits per heavy atom. The number of thiophene rings is 1. The van der Waals surface area contributed by atoms with E-state index in [1.165, 1.54) is 18.0 Å². The Balaban J connectivity index is 1.61. The Hall–Kier alpha value is -3.53. The number of amides is 2. The third-order valence-electron chi connectivity index (χ3n) is 5.72. The molecule has 0 saturated carbocycles. The van der Waals surface area contributed by atoms with E-state index in [2.05, 4.69) is 10.3 Å². The normalized spacial score (nSPS) is 13.7. The number of fused-ring (bicyclic) bond motifs is 1. The topological polar surface area (TPSA) is 111 Å². The van der Waals surface area contributed by atoms with E-state index in [0.29, 0.717) is 39.4 Å². The van der Waals surface area contributed by atoms with Crippen LogP contribution in [-0.4, -0.2) is 52.4 Å². The molecule has 0 radical (unpaired) electrons. The van der Waals surface area contributed by atoms with Crippen molar-refractivity contribution >= 4 is 45.0 Å². The van der Waals surface area contributed by atoms with Crippen LogP contribution in [0.4, 0.5) is 5.69 Å². The highest BCUT2D eigenvalue weighted by Crippen LogP contribution is 2.28. The number of aromatic nitrogens is 2. The molecular weight excluding hydrogens is 444 g/mol. The summed E-state index contributed by atoms with van der Waals surface area (Å²) in [5.74, 6) is -1.13. The van der Waals surface area contributed by atoms with Crippen LogP contribution in [0.5, 0.6) is 0 Å². The van der Waals surface area contributed by atoms with E-state index in [4.69, 9.17) is 4.74 Å². The number of para-hydroxylation sites is 1. The summed E-state index contributed by atoms with van der Waals surface area (Å²) < 4.78 is 6.07. The average molecular weight is 469 g/mol. The van der Waals surface area contributed by atoms with Gasteiger partial charge >= 0.3 is 5.97 Å². The zero-order chi connectivity index (χ0) is 23.5. The number of hydrogen-bond donors (Lipinski definition) is 1. The predicted molar refractivity (Wildman–Crippen MR) is 125 cm³/mol. The highest BCUT2D eigenvalue weighted by molar-refractivity contribution is 7.20.